The van der Waals surface area contributed by atoms with Crippen LogP contribution in [0.2, 0.25) is 0 Å². The standard InChI is InChI=1S/C24H25F3N4O2/c1-33-23(32)18-9-12-22(28-13-18)30(20-5-3-2-4-6-20)15-17-7-10-21(11-8-17)31-16-19(14-29-31)24(25,26)27/h7-14,16,20H,2-6,15H2,1H3. The molecule has 0 saturated heterocycles. The van der Waals surface area contributed by atoms with Gasteiger partial charge in [-0.2, -0.15) is 18.3 Å². The summed E-state index contributed by atoms with van der Waals surface area (Å²) in [6.07, 6.45) is 4.56. The highest BCUT2D eigenvalue weighted by atomic mass is 19.4. The van der Waals surface area contributed by atoms with Gasteiger partial charge >= 0.3 is 12.1 Å². The van der Waals surface area contributed by atoms with Crippen LogP contribution in [-0.4, -0.2) is 33.9 Å². The van der Waals surface area contributed by atoms with Crippen molar-refractivity contribution >= 4 is 11.8 Å². The Bertz CT molecular complexity index is 1070. The third kappa shape index (κ3) is 5.35. The van der Waals surface area contributed by atoms with Gasteiger partial charge in [0.25, 0.3) is 0 Å². The third-order valence-electron chi connectivity index (χ3n) is 5.94. The first-order valence-electron chi connectivity index (χ1n) is 10.9. The van der Waals surface area contributed by atoms with Gasteiger partial charge in [0.2, 0.25) is 0 Å². The number of carbonyl (C=O) groups is 1. The molecule has 0 atom stereocenters. The van der Waals surface area contributed by atoms with Crippen LogP contribution in [0.25, 0.3) is 5.69 Å². The second-order valence-corrected chi connectivity index (χ2v) is 8.15. The molecule has 0 unspecified atom stereocenters. The van der Waals surface area contributed by atoms with Gasteiger partial charge in [0, 0.05) is 25.0 Å². The van der Waals surface area contributed by atoms with Crippen LogP contribution in [0.3, 0.4) is 0 Å². The Hall–Kier alpha value is -3.36. The smallest absolute Gasteiger partial charge is 0.419 e. The fourth-order valence-electron chi connectivity index (χ4n) is 4.15. The van der Waals surface area contributed by atoms with Crippen molar-refractivity contribution in [3.63, 3.8) is 0 Å². The number of carbonyl (C=O) groups excluding carboxylic acids is 1. The van der Waals surface area contributed by atoms with Crippen LogP contribution >= 0.6 is 0 Å². The molecule has 6 nitrogen and oxygen atoms in total. The van der Waals surface area contributed by atoms with E-state index in [9.17, 15) is 18.0 Å². The normalized spacial score (nSPS) is 14.8. The maximum absolute atomic E-state index is 12.9. The van der Waals surface area contributed by atoms with Gasteiger partial charge in [-0.15, -0.1) is 0 Å². The summed E-state index contributed by atoms with van der Waals surface area (Å²) in [6, 6.07) is 11.2. The fraction of sp³-hybridized carbons (Fsp3) is 0.375. The van der Waals surface area contributed by atoms with E-state index in [2.05, 4.69) is 15.0 Å². The van der Waals surface area contributed by atoms with Gasteiger partial charge in [0.05, 0.1) is 30.1 Å². The second-order valence-electron chi connectivity index (χ2n) is 8.15. The predicted octanol–water partition coefficient (Wildman–Crippen LogP) is 5.41. The van der Waals surface area contributed by atoms with E-state index in [-0.39, 0.29) is 0 Å². The van der Waals surface area contributed by atoms with Crippen LogP contribution in [0.4, 0.5) is 19.0 Å². The van der Waals surface area contributed by atoms with Gasteiger partial charge in [-0.25, -0.2) is 14.5 Å². The van der Waals surface area contributed by atoms with Gasteiger partial charge < -0.3 is 9.64 Å². The summed E-state index contributed by atoms with van der Waals surface area (Å²) in [5, 5.41) is 3.83. The highest BCUT2D eigenvalue weighted by Crippen LogP contribution is 2.30. The molecule has 2 heterocycles. The number of alkyl halides is 3. The molecule has 4 rings (SSSR count). The number of ether oxygens (including phenoxy) is 1. The molecule has 1 aliphatic carbocycles. The van der Waals surface area contributed by atoms with E-state index in [1.165, 1.54) is 24.4 Å². The zero-order valence-corrected chi connectivity index (χ0v) is 18.3. The van der Waals surface area contributed by atoms with E-state index in [4.69, 9.17) is 4.74 Å². The van der Waals surface area contributed by atoms with Gasteiger partial charge in [0.15, 0.2) is 0 Å². The van der Waals surface area contributed by atoms with Crippen molar-refractivity contribution in [3.8, 4) is 5.69 Å². The number of nitrogens with zero attached hydrogens (tertiary/aromatic N) is 4. The number of methoxy groups -OCH3 is 1. The van der Waals surface area contributed by atoms with E-state index < -0.39 is 17.7 Å². The van der Waals surface area contributed by atoms with Crippen LogP contribution in [0.15, 0.2) is 55.0 Å². The number of esters is 1. The van der Waals surface area contributed by atoms with Crippen molar-refractivity contribution in [3.05, 3.63) is 71.7 Å². The summed E-state index contributed by atoms with van der Waals surface area (Å²) in [7, 11) is 1.33. The number of aromatic nitrogens is 3. The van der Waals surface area contributed by atoms with Crippen LogP contribution in [0.5, 0.6) is 0 Å². The molecule has 0 aliphatic heterocycles. The van der Waals surface area contributed by atoms with E-state index in [1.54, 1.807) is 18.2 Å². The topological polar surface area (TPSA) is 60.2 Å². The van der Waals surface area contributed by atoms with Crippen LogP contribution < -0.4 is 4.90 Å². The van der Waals surface area contributed by atoms with Crippen molar-refractivity contribution < 1.29 is 22.7 Å². The Morgan fingerprint density at radius 1 is 1.09 bits per heavy atom. The molecule has 0 spiro atoms. The Kier molecular flexibility index (Phi) is 6.67. The molecule has 3 aromatic rings. The Morgan fingerprint density at radius 3 is 2.39 bits per heavy atom. The Morgan fingerprint density at radius 2 is 1.82 bits per heavy atom. The minimum absolute atomic E-state index is 0.329. The lowest BCUT2D eigenvalue weighted by Gasteiger charge is -2.35. The molecule has 33 heavy (non-hydrogen) atoms. The summed E-state index contributed by atoms with van der Waals surface area (Å²) in [5.74, 6) is 0.349. The first-order chi connectivity index (χ1) is 15.8. The highest BCUT2D eigenvalue weighted by Gasteiger charge is 2.32. The molecule has 0 bridgehead atoms. The largest absolute Gasteiger partial charge is 0.465 e. The molecule has 2 aromatic heterocycles. The fourth-order valence-corrected chi connectivity index (χ4v) is 4.15. The molecule has 1 fully saturated rings. The first-order valence-corrected chi connectivity index (χ1v) is 10.9. The zero-order chi connectivity index (χ0) is 23.4. The lowest BCUT2D eigenvalue weighted by molar-refractivity contribution is -0.137. The Balaban J connectivity index is 1.54. The number of hydrogen-bond donors (Lipinski definition) is 0. The number of anilines is 1. The maximum Gasteiger partial charge on any atom is 0.419 e. The molecular weight excluding hydrogens is 433 g/mol. The van der Waals surface area contributed by atoms with Crippen molar-refractivity contribution in [2.75, 3.05) is 12.0 Å². The van der Waals surface area contributed by atoms with Crippen LogP contribution in [-0.2, 0) is 17.5 Å². The van der Waals surface area contributed by atoms with Gasteiger partial charge in [0.1, 0.15) is 5.82 Å². The van der Waals surface area contributed by atoms with Crippen molar-refractivity contribution in [2.45, 2.75) is 50.9 Å². The van der Waals surface area contributed by atoms with Crippen LogP contribution in [0.1, 0.15) is 53.6 Å². The van der Waals surface area contributed by atoms with E-state index in [0.717, 1.165) is 49.5 Å². The molecule has 1 aliphatic rings. The summed E-state index contributed by atoms with van der Waals surface area (Å²) >= 11 is 0. The van der Waals surface area contributed by atoms with Gasteiger partial charge in [-0.1, -0.05) is 31.4 Å². The summed E-state index contributed by atoms with van der Waals surface area (Å²) < 4.78 is 44.6. The van der Waals surface area contributed by atoms with Crippen LogP contribution in [0, 0.1) is 0 Å². The summed E-state index contributed by atoms with van der Waals surface area (Å²) in [6.45, 7) is 0.600. The second kappa shape index (κ2) is 9.64. The maximum atomic E-state index is 12.9. The number of hydrogen-bond acceptors (Lipinski definition) is 5. The van der Waals surface area contributed by atoms with Crippen molar-refractivity contribution in [1.29, 1.82) is 0 Å². The molecule has 0 radical (unpaired) electrons. The molecule has 174 valence electrons. The number of halogens is 3. The quantitative estimate of drug-likeness (QED) is 0.462. The minimum atomic E-state index is -4.42. The molecule has 1 aromatic carbocycles. The Labute approximate surface area is 190 Å². The third-order valence-corrected chi connectivity index (χ3v) is 5.94. The number of rotatable bonds is 6. The van der Waals surface area contributed by atoms with Crippen molar-refractivity contribution in [2.24, 2.45) is 0 Å². The number of pyridine rings is 1. The highest BCUT2D eigenvalue weighted by molar-refractivity contribution is 5.89. The number of benzene rings is 1. The molecule has 0 amide bonds. The summed E-state index contributed by atoms with van der Waals surface area (Å²) in [4.78, 5) is 18.5. The van der Waals surface area contributed by atoms with Gasteiger partial charge in [-0.05, 0) is 42.7 Å². The average Bonchev–Trinajstić information content (AvgIpc) is 3.34. The van der Waals surface area contributed by atoms with E-state index in [1.807, 2.05) is 18.2 Å². The van der Waals surface area contributed by atoms with Crippen molar-refractivity contribution in [1.82, 2.24) is 14.8 Å². The molecular formula is C24H25F3N4O2. The lowest BCUT2D eigenvalue weighted by Crippen LogP contribution is -2.37. The van der Waals surface area contributed by atoms with E-state index in [0.29, 0.717) is 23.8 Å². The molecule has 1 saturated carbocycles. The monoisotopic (exact) mass is 458 g/mol. The summed E-state index contributed by atoms with van der Waals surface area (Å²) in [5.41, 5.74) is 1.17. The zero-order valence-electron chi connectivity index (χ0n) is 18.3. The molecule has 9 heteroatoms. The lowest BCUT2D eigenvalue weighted by atomic mass is 9.93. The minimum Gasteiger partial charge on any atom is -0.465 e. The van der Waals surface area contributed by atoms with E-state index >= 15 is 0 Å². The SMILES string of the molecule is COC(=O)c1ccc(N(Cc2ccc(-n3cc(C(F)(F)F)cn3)cc2)C2CCCCC2)nc1. The molecule has 0 N–H and O–H groups in total. The average molecular weight is 458 g/mol. The van der Waals surface area contributed by atoms with Gasteiger partial charge in [-0.3, -0.25) is 0 Å². The predicted molar refractivity (Wildman–Crippen MR) is 117 cm³/mol. The first kappa shape index (κ1) is 22.8.